The van der Waals surface area contributed by atoms with Gasteiger partial charge in [0, 0.05) is 37.7 Å². The Morgan fingerprint density at radius 2 is 1.61 bits per heavy atom. The third-order valence-corrected chi connectivity index (χ3v) is 4.37. The molecule has 1 fully saturated rings. The van der Waals surface area contributed by atoms with Crippen molar-refractivity contribution in [2.45, 2.75) is 13.5 Å². The van der Waals surface area contributed by atoms with E-state index in [9.17, 15) is 0 Å². The quantitative estimate of drug-likeness (QED) is 0.795. The number of piperazine rings is 1. The molecular formula is C19H22ClN3. The highest BCUT2D eigenvalue weighted by Gasteiger charge is 2.15. The molecule has 120 valence electrons. The van der Waals surface area contributed by atoms with Crippen LogP contribution in [0.15, 0.2) is 53.6 Å². The van der Waals surface area contributed by atoms with Gasteiger partial charge in [-0.05, 0) is 30.2 Å². The highest BCUT2D eigenvalue weighted by molar-refractivity contribution is 6.30. The third kappa shape index (κ3) is 4.81. The maximum absolute atomic E-state index is 5.93. The first kappa shape index (κ1) is 16.0. The molecule has 0 amide bonds. The predicted molar refractivity (Wildman–Crippen MR) is 97.1 cm³/mol. The van der Waals surface area contributed by atoms with Gasteiger partial charge in [0.1, 0.15) is 0 Å². The van der Waals surface area contributed by atoms with E-state index in [0.717, 1.165) is 43.3 Å². The molecule has 4 heteroatoms. The number of aryl methyl sites for hydroxylation is 1. The van der Waals surface area contributed by atoms with Crippen LogP contribution < -0.4 is 0 Å². The smallest absolute Gasteiger partial charge is 0.0542 e. The van der Waals surface area contributed by atoms with Crippen LogP contribution in [0.3, 0.4) is 0 Å². The van der Waals surface area contributed by atoms with Gasteiger partial charge in [-0.3, -0.25) is 9.91 Å². The molecule has 1 aliphatic rings. The molecule has 3 nitrogen and oxygen atoms in total. The van der Waals surface area contributed by atoms with Crippen LogP contribution in [0.1, 0.15) is 16.7 Å². The summed E-state index contributed by atoms with van der Waals surface area (Å²) in [7, 11) is 0. The monoisotopic (exact) mass is 327 g/mol. The summed E-state index contributed by atoms with van der Waals surface area (Å²) in [4.78, 5) is 2.46. The molecule has 0 unspecified atom stereocenters. The molecular weight excluding hydrogens is 306 g/mol. The standard InChI is InChI=1S/C19H22ClN3/c1-16-2-4-17(5-3-16)14-21-23-12-10-22(11-13-23)15-18-6-8-19(20)9-7-18/h2-9,14H,10-13,15H2,1H3/b21-14-. The SMILES string of the molecule is Cc1ccc(/C=N\N2CCN(Cc3ccc(Cl)cc3)CC2)cc1. The lowest BCUT2D eigenvalue weighted by molar-refractivity contribution is 0.131. The third-order valence-electron chi connectivity index (χ3n) is 4.12. The number of hydrazone groups is 1. The minimum Gasteiger partial charge on any atom is -0.295 e. The average molecular weight is 328 g/mol. The lowest BCUT2D eigenvalue weighted by Gasteiger charge is -2.33. The van der Waals surface area contributed by atoms with E-state index < -0.39 is 0 Å². The topological polar surface area (TPSA) is 18.8 Å². The minimum absolute atomic E-state index is 0.795. The molecule has 23 heavy (non-hydrogen) atoms. The van der Waals surface area contributed by atoms with E-state index >= 15 is 0 Å². The molecule has 0 N–H and O–H groups in total. The Morgan fingerprint density at radius 1 is 0.957 bits per heavy atom. The molecule has 0 spiro atoms. The summed E-state index contributed by atoms with van der Waals surface area (Å²) in [5.74, 6) is 0. The summed E-state index contributed by atoms with van der Waals surface area (Å²) >= 11 is 5.93. The second-order valence-electron chi connectivity index (χ2n) is 6.01. The number of hydrogen-bond acceptors (Lipinski definition) is 3. The second-order valence-corrected chi connectivity index (χ2v) is 6.45. The van der Waals surface area contributed by atoms with Crippen molar-refractivity contribution in [3.05, 3.63) is 70.2 Å². The highest BCUT2D eigenvalue weighted by Crippen LogP contribution is 2.13. The Bertz CT molecular complexity index is 641. The maximum Gasteiger partial charge on any atom is 0.0542 e. The van der Waals surface area contributed by atoms with Crippen LogP contribution in [0, 0.1) is 6.92 Å². The van der Waals surface area contributed by atoms with Crippen molar-refractivity contribution in [3.63, 3.8) is 0 Å². The summed E-state index contributed by atoms with van der Waals surface area (Å²) in [5.41, 5.74) is 3.74. The first-order chi connectivity index (χ1) is 11.2. The number of nitrogens with zero attached hydrogens (tertiary/aromatic N) is 3. The summed E-state index contributed by atoms with van der Waals surface area (Å²) in [6, 6.07) is 16.6. The molecule has 3 rings (SSSR count). The first-order valence-electron chi connectivity index (χ1n) is 8.01. The highest BCUT2D eigenvalue weighted by atomic mass is 35.5. The van der Waals surface area contributed by atoms with Gasteiger partial charge < -0.3 is 0 Å². The van der Waals surface area contributed by atoms with Crippen molar-refractivity contribution in [1.29, 1.82) is 0 Å². The van der Waals surface area contributed by atoms with E-state index in [-0.39, 0.29) is 0 Å². The van der Waals surface area contributed by atoms with Crippen molar-refractivity contribution in [1.82, 2.24) is 9.91 Å². The number of rotatable bonds is 4. The van der Waals surface area contributed by atoms with Crippen molar-refractivity contribution in [2.75, 3.05) is 26.2 Å². The van der Waals surface area contributed by atoms with E-state index in [2.05, 4.69) is 58.3 Å². The summed E-state index contributed by atoms with van der Waals surface area (Å²) in [6.45, 7) is 7.08. The normalized spacial score (nSPS) is 16.2. The first-order valence-corrected chi connectivity index (χ1v) is 8.39. The zero-order chi connectivity index (χ0) is 16.1. The predicted octanol–water partition coefficient (Wildman–Crippen LogP) is 3.80. The molecule has 2 aromatic rings. The van der Waals surface area contributed by atoms with Gasteiger partial charge in [0.25, 0.3) is 0 Å². The fourth-order valence-corrected chi connectivity index (χ4v) is 2.79. The summed E-state index contributed by atoms with van der Waals surface area (Å²) in [5, 5.41) is 7.55. The zero-order valence-corrected chi connectivity index (χ0v) is 14.2. The van der Waals surface area contributed by atoms with E-state index in [4.69, 9.17) is 11.6 Å². The van der Waals surface area contributed by atoms with Crippen LogP contribution in [0.2, 0.25) is 5.02 Å². The van der Waals surface area contributed by atoms with Crippen LogP contribution in [0.25, 0.3) is 0 Å². The van der Waals surface area contributed by atoms with Gasteiger partial charge in [0.15, 0.2) is 0 Å². The Hall–Kier alpha value is -1.84. The molecule has 1 saturated heterocycles. The van der Waals surface area contributed by atoms with Crippen LogP contribution in [-0.2, 0) is 6.54 Å². The molecule has 0 radical (unpaired) electrons. The molecule has 2 aromatic carbocycles. The molecule has 1 aliphatic heterocycles. The lowest BCUT2D eigenvalue weighted by Crippen LogP contribution is -2.43. The van der Waals surface area contributed by atoms with Gasteiger partial charge in [-0.1, -0.05) is 53.6 Å². The van der Waals surface area contributed by atoms with E-state index in [1.165, 1.54) is 11.1 Å². The van der Waals surface area contributed by atoms with E-state index in [1.807, 2.05) is 18.3 Å². The van der Waals surface area contributed by atoms with E-state index in [1.54, 1.807) is 0 Å². The van der Waals surface area contributed by atoms with Crippen LogP contribution in [0.4, 0.5) is 0 Å². The Morgan fingerprint density at radius 3 is 2.26 bits per heavy atom. The van der Waals surface area contributed by atoms with Gasteiger partial charge in [-0.15, -0.1) is 0 Å². The molecule has 0 bridgehead atoms. The summed E-state index contributed by atoms with van der Waals surface area (Å²) < 4.78 is 0. The zero-order valence-electron chi connectivity index (χ0n) is 13.5. The number of halogens is 1. The molecule has 0 aromatic heterocycles. The average Bonchev–Trinajstić information content (AvgIpc) is 2.58. The van der Waals surface area contributed by atoms with Gasteiger partial charge >= 0.3 is 0 Å². The van der Waals surface area contributed by atoms with Crippen molar-refractivity contribution >= 4 is 17.8 Å². The van der Waals surface area contributed by atoms with Crippen molar-refractivity contribution < 1.29 is 0 Å². The second kappa shape index (κ2) is 7.62. The number of benzene rings is 2. The van der Waals surface area contributed by atoms with Crippen molar-refractivity contribution in [3.8, 4) is 0 Å². The van der Waals surface area contributed by atoms with Gasteiger partial charge in [-0.2, -0.15) is 5.10 Å². The minimum atomic E-state index is 0.795. The van der Waals surface area contributed by atoms with Crippen molar-refractivity contribution in [2.24, 2.45) is 5.10 Å². The largest absolute Gasteiger partial charge is 0.295 e. The fourth-order valence-electron chi connectivity index (χ4n) is 2.66. The molecule has 0 aliphatic carbocycles. The Balaban J connectivity index is 1.48. The van der Waals surface area contributed by atoms with Gasteiger partial charge in [0.2, 0.25) is 0 Å². The van der Waals surface area contributed by atoms with Crippen LogP contribution >= 0.6 is 11.6 Å². The fraction of sp³-hybridized carbons (Fsp3) is 0.316. The van der Waals surface area contributed by atoms with Crippen LogP contribution in [-0.4, -0.2) is 42.3 Å². The summed E-state index contributed by atoms with van der Waals surface area (Å²) in [6.07, 6.45) is 1.95. The molecule has 0 atom stereocenters. The molecule has 1 heterocycles. The van der Waals surface area contributed by atoms with E-state index in [0.29, 0.717) is 0 Å². The van der Waals surface area contributed by atoms with Gasteiger partial charge in [0.05, 0.1) is 6.21 Å². The maximum atomic E-state index is 5.93. The van der Waals surface area contributed by atoms with Crippen LogP contribution in [0.5, 0.6) is 0 Å². The molecule has 0 saturated carbocycles. The lowest BCUT2D eigenvalue weighted by atomic mass is 10.2. The number of hydrogen-bond donors (Lipinski definition) is 0. The Kier molecular flexibility index (Phi) is 5.31. The van der Waals surface area contributed by atoms with Gasteiger partial charge in [-0.25, -0.2) is 0 Å². The Labute approximate surface area is 143 Å².